The summed E-state index contributed by atoms with van der Waals surface area (Å²) in [6.07, 6.45) is -1.90. The van der Waals surface area contributed by atoms with Crippen molar-refractivity contribution in [1.82, 2.24) is 15.5 Å². The SMILES string of the molecule is O=C1NCN([C@H]2C[C@H](O)[C@@H](CO)O2)C(=O)N1. The Labute approximate surface area is 91.2 Å². The van der Waals surface area contributed by atoms with Crippen LogP contribution in [-0.2, 0) is 4.74 Å². The van der Waals surface area contributed by atoms with E-state index in [-0.39, 0.29) is 19.7 Å². The van der Waals surface area contributed by atoms with Crippen LogP contribution in [-0.4, -0.2) is 58.9 Å². The fourth-order valence-corrected chi connectivity index (χ4v) is 1.75. The summed E-state index contributed by atoms with van der Waals surface area (Å²) in [5, 5.41) is 22.9. The number of hydrogen-bond acceptors (Lipinski definition) is 5. The smallest absolute Gasteiger partial charge is 0.328 e. The van der Waals surface area contributed by atoms with Gasteiger partial charge >= 0.3 is 12.1 Å². The molecule has 2 aliphatic heterocycles. The summed E-state index contributed by atoms with van der Waals surface area (Å²) < 4.78 is 5.28. The topological polar surface area (TPSA) is 111 Å². The molecule has 0 unspecified atom stereocenters. The Morgan fingerprint density at radius 1 is 1.50 bits per heavy atom. The Hall–Kier alpha value is -1.38. The van der Waals surface area contributed by atoms with Crippen molar-refractivity contribution in [3.05, 3.63) is 0 Å². The minimum absolute atomic E-state index is 0.0280. The standard InChI is InChI=1S/C8H13N3O5/c12-2-5-4(13)1-6(16-5)11-3-9-7(14)10-8(11)15/h4-6,12-13H,1-3H2,(H2,9,10,14,15)/t4-,5+,6+/m0/s1. The van der Waals surface area contributed by atoms with Gasteiger partial charge in [0.2, 0.25) is 0 Å². The number of amides is 4. The van der Waals surface area contributed by atoms with Crippen molar-refractivity contribution in [3.8, 4) is 0 Å². The van der Waals surface area contributed by atoms with Crippen LogP contribution in [0.3, 0.4) is 0 Å². The first-order chi connectivity index (χ1) is 7.61. The molecule has 0 aliphatic carbocycles. The highest BCUT2D eigenvalue weighted by Gasteiger charge is 2.40. The predicted octanol–water partition coefficient (Wildman–Crippen LogP) is -1.85. The summed E-state index contributed by atoms with van der Waals surface area (Å²) in [6.45, 7) is -0.278. The lowest BCUT2D eigenvalue weighted by Crippen LogP contribution is -2.60. The van der Waals surface area contributed by atoms with Gasteiger partial charge in [0.1, 0.15) is 12.3 Å². The van der Waals surface area contributed by atoms with Gasteiger partial charge in [-0.3, -0.25) is 10.2 Å². The van der Waals surface area contributed by atoms with E-state index in [0.29, 0.717) is 0 Å². The number of imide groups is 1. The third-order valence-corrected chi connectivity index (χ3v) is 2.62. The van der Waals surface area contributed by atoms with E-state index in [4.69, 9.17) is 9.84 Å². The minimum atomic E-state index is -0.805. The number of carbonyl (C=O) groups excluding carboxylic acids is 2. The van der Waals surface area contributed by atoms with Gasteiger partial charge in [-0.1, -0.05) is 0 Å². The van der Waals surface area contributed by atoms with E-state index < -0.39 is 30.5 Å². The number of rotatable bonds is 2. The average Bonchev–Trinajstić information content (AvgIpc) is 2.59. The second-order valence-corrected chi connectivity index (χ2v) is 3.68. The van der Waals surface area contributed by atoms with E-state index in [1.54, 1.807) is 0 Å². The van der Waals surface area contributed by atoms with Crippen molar-refractivity contribution in [2.24, 2.45) is 0 Å². The third-order valence-electron chi connectivity index (χ3n) is 2.62. The number of nitrogens with zero attached hydrogens (tertiary/aromatic N) is 1. The van der Waals surface area contributed by atoms with Crippen LogP contribution in [0, 0.1) is 0 Å². The Morgan fingerprint density at radius 2 is 2.25 bits per heavy atom. The summed E-state index contributed by atoms with van der Waals surface area (Å²) in [7, 11) is 0. The largest absolute Gasteiger partial charge is 0.394 e. The average molecular weight is 231 g/mol. The molecular weight excluding hydrogens is 218 g/mol. The molecule has 0 bridgehead atoms. The molecule has 2 saturated heterocycles. The zero-order valence-electron chi connectivity index (χ0n) is 8.42. The summed E-state index contributed by atoms with van der Waals surface area (Å²) >= 11 is 0. The predicted molar refractivity (Wildman–Crippen MR) is 50.1 cm³/mol. The maximum Gasteiger partial charge on any atom is 0.328 e. The lowest BCUT2D eigenvalue weighted by atomic mass is 10.2. The molecule has 0 saturated carbocycles. The molecule has 4 N–H and O–H groups in total. The molecule has 0 spiro atoms. The summed E-state index contributed by atoms with van der Waals surface area (Å²) in [5.41, 5.74) is 0. The first kappa shape index (κ1) is 11.1. The second kappa shape index (κ2) is 4.24. The molecule has 16 heavy (non-hydrogen) atoms. The van der Waals surface area contributed by atoms with Crippen LogP contribution in [0.5, 0.6) is 0 Å². The number of carbonyl (C=O) groups is 2. The zero-order chi connectivity index (χ0) is 11.7. The highest BCUT2D eigenvalue weighted by molar-refractivity contribution is 5.95. The summed E-state index contributed by atoms with van der Waals surface area (Å²) in [5.74, 6) is 0. The van der Waals surface area contributed by atoms with Gasteiger partial charge in [0.25, 0.3) is 0 Å². The maximum absolute atomic E-state index is 11.4. The van der Waals surface area contributed by atoms with Crippen LogP contribution >= 0.6 is 0 Å². The van der Waals surface area contributed by atoms with E-state index >= 15 is 0 Å². The summed E-state index contributed by atoms with van der Waals surface area (Å²) in [4.78, 5) is 23.5. The third kappa shape index (κ3) is 1.94. The van der Waals surface area contributed by atoms with Gasteiger partial charge in [0, 0.05) is 6.42 Å². The highest BCUT2D eigenvalue weighted by Crippen LogP contribution is 2.23. The molecule has 0 radical (unpaired) electrons. The molecule has 2 aliphatic rings. The molecular formula is C8H13N3O5. The van der Waals surface area contributed by atoms with Gasteiger partial charge in [-0.25, -0.2) is 9.59 Å². The minimum Gasteiger partial charge on any atom is -0.394 e. The van der Waals surface area contributed by atoms with E-state index in [1.807, 2.05) is 0 Å². The van der Waals surface area contributed by atoms with Crippen LogP contribution in [0.15, 0.2) is 0 Å². The summed E-state index contributed by atoms with van der Waals surface area (Å²) in [6, 6.07) is -1.13. The Balaban J connectivity index is 1.98. The van der Waals surface area contributed by atoms with E-state index in [1.165, 1.54) is 4.90 Å². The van der Waals surface area contributed by atoms with E-state index in [9.17, 15) is 14.7 Å². The van der Waals surface area contributed by atoms with Gasteiger partial charge in [-0.2, -0.15) is 0 Å². The molecule has 0 aromatic heterocycles. The number of aliphatic hydroxyl groups excluding tert-OH is 2. The maximum atomic E-state index is 11.4. The molecule has 0 aromatic rings. The molecule has 0 aromatic carbocycles. The van der Waals surface area contributed by atoms with Crippen LogP contribution < -0.4 is 10.6 Å². The van der Waals surface area contributed by atoms with Gasteiger partial charge in [-0.05, 0) is 0 Å². The van der Waals surface area contributed by atoms with Crippen LogP contribution in [0.4, 0.5) is 9.59 Å². The highest BCUT2D eigenvalue weighted by atomic mass is 16.5. The Bertz CT molecular complexity index is 310. The normalized spacial score (nSPS) is 34.9. The molecule has 3 atom stereocenters. The van der Waals surface area contributed by atoms with Gasteiger partial charge in [-0.15, -0.1) is 0 Å². The zero-order valence-corrected chi connectivity index (χ0v) is 8.42. The van der Waals surface area contributed by atoms with Crippen molar-refractivity contribution in [2.45, 2.75) is 24.9 Å². The van der Waals surface area contributed by atoms with Crippen LogP contribution in [0.25, 0.3) is 0 Å². The molecule has 4 amide bonds. The molecule has 2 heterocycles. The quantitative estimate of drug-likeness (QED) is 0.445. The first-order valence-corrected chi connectivity index (χ1v) is 4.91. The molecule has 8 heteroatoms. The molecule has 8 nitrogen and oxygen atoms in total. The van der Waals surface area contributed by atoms with Gasteiger partial charge in [0.05, 0.1) is 19.4 Å². The Morgan fingerprint density at radius 3 is 2.81 bits per heavy atom. The molecule has 2 rings (SSSR count). The van der Waals surface area contributed by atoms with Gasteiger partial charge < -0.3 is 20.3 Å². The van der Waals surface area contributed by atoms with E-state index in [0.717, 1.165) is 0 Å². The molecule has 2 fully saturated rings. The van der Waals surface area contributed by atoms with Crippen LogP contribution in [0.2, 0.25) is 0 Å². The monoisotopic (exact) mass is 231 g/mol. The lowest BCUT2D eigenvalue weighted by Gasteiger charge is -2.31. The van der Waals surface area contributed by atoms with Crippen molar-refractivity contribution in [1.29, 1.82) is 0 Å². The van der Waals surface area contributed by atoms with Crippen molar-refractivity contribution in [3.63, 3.8) is 0 Å². The van der Waals surface area contributed by atoms with Crippen molar-refractivity contribution in [2.75, 3.05) is 13.3 Å². The lowest BCUT2D eigenvalue weighted by molar-refractivity contribution is -0.0662. The van der Waals surface area contributed by atoms with Gasteiger partial charge in [0.15, 0.2) is 0 Å². The number of ether oxygens (including phenoxy) is 1. The van der Waals surface area contributed by atoms with E-state index in [2.05, 4.69) is 10.6 Å². The van der Waals surface area contributed by atoms with Crippen molar-refractivity contribution < 1.29 is 24.5 Å². The van der Waals surface area contributed by atoms with Crippen molar-refractivity contribution >= 4 is 12.1 Å². The molecule has 90 valence electrons. The number of aliphatic hydroxyl groups is 2. The Kier molecular flexibility index (Phi) is 2.95. The number of urea groups is 2. The number of hydrogen-bond donors (Lipinski definition) is 4. The second-order valence-electron chi connectivity index (χ2n) is 3.68. The number of nitrogens with one attached hydrogen (secondary N) is 2. The fourth-order valence-electron chi connectivity index (χ4n) is 1.75. The first-order valence-electron chi connectivity index (χ1n) is 4.91. The van der Waals surface area contributed by atoms with Crippen LogP contribution in [0.1, 0.15) is 6.42 Å². The fraction of sp³-hybridized carbons (Fsp3) is 0.750.